The molecule has 0 fully saturated rings. The van der Waals surface area contributed by atoms with Crippen LogP contribution in [0.3, 0.4) is 0 Å². The quantitative estimate of drug-likeness (QED) is 0.478. The Morgan fingerprint density at radius 2 is 0.667 bits per heavy atom. The van der Waals surface area contributed by atoms with Gasteiger partial charge in [0.05, 0.1) is 0 Å². The fraction of sp³-hybridized carbons (Fsp3) is 0. The van der Waals surface area contributed by atoms with E-state index in [1.807, 2.05) is 0 Å². The molecule has 144 valence electrons. The topological polar surface area (TPSA) is 115 Å². The van der Waals surface area contributed by atoms with Crippen LogP contribution >= 0.6 is 24.4 Å². The molecule has 0 heterocycles. The Hall–Kier alpha value is -1.61. The molecular formula is C18H21O6P3. The van der Waals surface area contributed by atoms with Crippen molar-refractivity contribution in [3.05, 3.63) is 91.0 Å². The zero-order valence-electron chi connectivity index (χ0n) is 14.2. The minimum absolute atomic E-state index is 0.446. The molecule has 0 aromatic heterocycles. The van der Waals surface area contributed by atoms with Gasteiger partial charge in [-0.2, -0.15) is 0 Å². The Balaban J connectivity index is 0.000000390. The zero-order valence-corrected chi connectivity index (χ0v) is 17.1. The molecule has 0 aliphatic rings. The molecule has 0 bridgehead atoms. The Morgan fingerprint density at radius 1 is 0.481 bits per heavy atom. The van der Waals surface area contributed by atoms with E-state index in [0.717, 1.165) is 0 Å². The van der Waals surface area contributed by atoms with Gasteiger partial charge in [-0.05, 0) is 23.8 Å². The second-order valence-electron chi connectivity index (χ2n) is 4.91. The molecule has 0 saturated carbocycles. The second kappa shape index (κ2) is 13.5. The first-order valence-electron chi connectivity index (χ1n) is 7.71. The van der Waals surface area contributed by atoms with E-state index in [0.29, 0.717) is 0 Å². The minimum Gasteiger partial charge on any atom is -0.326 e. The van der Waals surface area contributed by atoms with Crippen LogP contribution in [0.15, 0.2) is 91.0 Å². The van der Waals surface area contributed by atoms with E-state index >= 15 is 0 Å². The van der Waals surface area contributed by atoms with Gasteiger partial charge >= 0.3 is 16.5 Å². The molecule has 4 N–H and O–H groups in total. The maximum atomic E-state index is 8.74. The highest BCUT2D eigenvalue weighted by atomic mass is 31.1. The van der Waals surface area contributed by atoms with Gasteiger partial charge in [-0.1, -0.05) is 91.0 Å². The van der Waals surface area contributed by atoms with Gasteiger partial charge in [0.1, 0.15) is 0 Å². The van der Waals surface area contributed by atoms with E-state index in [4.69, 9.17) is 28.7 Å². The van der Waals surface area contributed by atoms with Gasteiger partial charge in [0.25, 0.3) is 0 Å². The number of rotatable bonds is 3. The summed E-state index contributed by atoms with van der Waals surface area (Å²) in [6.45, 7) is 0. The van der Waals surface area contributed by atoms with Crippen LogP contribution in [0.2, 0.25) is 0 Å². The van der Waals surface area contributed by atoms with Crippen LogP contribution in [0.4, 0.5) is 0 Å². The normalized spacial score (nSPS) is 10.0. The Labute approximate surface area is 160 Å². The molecule has 6 nitrogen and oxygen atoms in total. The summed E-state index contributed by atoms with van der Waals surface area (Å²) in [7, 11) is -6.71. The maximum absolute atomic E-state index is 8.74. The van der Waals surface area contributed by atoms with Gasteiger partial charge in [-0.3, -0.25) is 9.13 Å². The molecule has 9 heteroatoms. The van der Waals surface area contributed by atoms with E-state index < -0.39 is 24.4 Å². The predicted octanol–water partition coefficient (Wildman–Crippen LogP) is 2.17. The summed E-state index contributed by atoms with van der Waals surface area (Å²) in [6, 6.07) is 32.3. The summed E-state index contributed by atoms with van der Waals surface area (Å²) in [4.78, 5) is 28.6. The molecule has 0 atom stereocenters. The van der Waals surface area contributed by atoms with Crippen molar-refractivity contribution < 1.29 is 28.7 Å². The number of hydrogen-bond donors (Lipinski definition) is 4. The Kier molecular flexibility index (Phi) is 11.8. The van der Waals surface area contributed by atoms with Crippen molar-refractivity contribution in [3.8, 4) is 0 Å². The lowest BCUT2D eigenvalue weighted by atomic mass is 10.4. The van der Waals surface area contributed by atoms with Gasteiger partial charge in [-0.15, -0.1) is 0 Å². The van der Waals surface area contributed by atoms with E-state index in [2.05, 4.69) is 91.0 Å². The molecule has 0 spiro atoms. The monoisotopic (exact) mass is 426 g/mol. The van der Waals surface area contributed by atoms with E-state index in [-0.39, 0.29) is 0 Å². The van der Waals surface area contributed by atoms with Crippen LogP contribution in [0.25, 0.3) is 0 Å². The van der Waals surface area contributed by atoms with Crippen molar-refractivity contribution in [1.82, 2.24) is 0 Å². The summed E-state index contributed by atoms with van der Waals surface area (Å²) >= 11 is 0. The van der Waals surface area contributed by atoms with Crippen LogP contribution in [0, 0.1) is 0 Å². The summed E-state index contributed by atoms with van der Waals surface area (Å²) < 4.78 is 17.5. The highest BCUT2D eigenvalue weighted by molar-refractivity contribution is 7.79. The average molecular weight is 426 g/mol. The molecule has 0 radical (unpaired) electrons. The molecule has 3 aromatic rings. The van der Waals surface area contributed by atoms with Crippen LogP contribution in [-0.2, 0) is 9.13 Å². The summed E-state index contributed by atoms with van der Waals surface area (Å²) in [5.74, 6) is 0. The van der Waals surface area contributed by atoms with Crippen molar-refractivity contribution in [1.29, 1.82) is 0 Å². The summed E-state index contributed by atoms with van der Waals surface area (Å²) in [6.07, 6.45) is 0. The average Bonchev–Trinajstić information content (AvgIpc) is 2.64. The van der Waals surface area contributed by atoms with Gasteiger partial charge in [-0.25, -0.2) is 0 Å². The first kappa shape index (κ1) is 23.4. The fourth-order valence-corrected chi connectivity index (χ4v) is 4.48. The van der Waals surface area contributed by atoms with Gasteiger partial charge in [0.15, 0.2) is 0 Å². The third-order valence-electron chi connectivity index (χ3n) is 3.04. The molecule has 3 aromatic carbocycles. The zero-order chi connectivity index (χ0) is 20.1. The highest BCUT2D eigenvalue weighted by Crippen LogP contribution is 2.32. The van der Waals surface area contributed by atoms with E-state index in [9.17, 15) is 0 Å². The lowest BCUT2D eigenvalue weighted by Crippen LogP contribution is -2.20. The molecule has 0 saturated heterocycles. The number of hydrogen-bond acceptors (Lipinski definition) is 2. The standard InChI is InChI=1S/C18H15P.2H3O3P/c1-4-10-16(11-5-1)19(17-12-6-2-7-13-17)18-14-8-3-9-15-18;2*1-4(2)3/h1-15H;2*4H,(H2,1,2,3). The molecular weight excluding hydrogens is 405 g/mol. The number of benzene rings is 3. The van der Waals surface area contributed by atoms with Crippen molar-refractivity contribution in [3.63, 3.8) is 0 Å². The molecule has 0 unspecified atom stereocenters. The largest absolute Gasteiger partial charge is 0.326 e. The SMILES string of the molecule is O=[PH](O)O.O=[PH](O)O.c1ccc(P(c2ccccc2)c2ccccc2)cc1. The Bertz CT molecular complexity index is 702. The lowest BCUT2D eigenvalue weighted by molar-refractivity contribution is 0.403. The van der Waals surface area contributed by atoms with Crippen molar-refractivity contribution in [2.45, 2.75) is 0 Å². The highest BCUT2D eigenvalue weighted by Gasteiger charge is 2.14. The fourth-order valence-electron chi connectivity index (χ4n) is 2.18. The van der Waals surface area contributed by atoms with Crippen LogP contribution in [0.1, 0.15) is 0 Å². The first-order chi connectivity index (χ1) is 12.9. The minimum atomic E-state index is -3.13. The second-order valence-corrected chi connectivity index (χ2v) is 8.26. The maximum Gasteiger partial charge on any atom is 0.314 e. The lowest BCUT2D eigenvalue weighted by Gasteiger charge is -2.18. The van der Waals surface area contributed by atoms with Gasteiger partial charge in [0.2, 0.25) is 0 Å². The van der Waals surface area contributed by atoms with Gasteiger partial charge < -0.3 is 19.6 Å². The molecule has 0 aliphatic heterocycles. The first-order valence-corrected chi connectivity index (χ1v) is 11.7. The van der Waals surface area contributed by atoms with Crippen LogP contribution < -0.4 is 15.9 Å². The Morgan fingerprint density at radius 3 is 0.852 bits per heavy atom. The van der Waals surface area contributed by atoms with Crippen molar-refractivity contribution in [2.75, 3.05) is 0 Å². The van der Waals surface area contributed by atoms with Crippen LogP contribution in [0.5, 0.6) is 0 Å². The van der Waals surface area contributed by atoms with E-state index in [1.165, 1.54) is 15.9 Å². The molecule has 0 amide bonds. The smallest absolute Gasteiger partial charge is 0.314 e. The summed E-state index contributed by atoms with van der Waals surface area (Å²) in [5, 5.41) is 4.19. The third kappa shape index (κ3) is 10.3. The third-order valence-corrected chi connectivity index (χ3v) is 5.49. The van der Waals surface area contributed by atoms with Crippen LogP contribution in [-0.4, -0.2) is 19.6 Å². The molecule has 27 heavy (non-hydrogen) atoms. The van der Waals surface area contributed by atoms with E-state index in [1.54, 1.807) is 0 Å². The molecule has 3 rings (SSSR count). The molecule has 0 aliphatic carbocycles. The van der Waals surface area contributed by atoms with Crippen molar-refractivity contribution in [2.24, 2.45) is 0 Å². The van der Waals surface area contributed by atoms with Crippen molar-refractivity contribution >= 4 is 40.3 Å². The predicted molar refractivity (Wildman–Crippen MR) is 112 cm³/mol. The van der Waals surface area contributed by atoms with Gasteiger partial charge in [0, 0.05) is 0 Å². The summed E-state index contributed by atoms with van der Waals surface area (Å²) in [5.41, 5.74) is 0.